The standard InChI is InChI=1S/C27H24ClN9O5S3/c1-42-34-18(17-21(28)45-27(31)33-17)23(38)32-19-24(39)37-20(26(40)41)14(11-44-25(19)37)8-35-4-3-16-12(7-35)2-5-36(16)9-15-6-13(10-43-15)22(29)30/h2-7,10,19,25H,8-9,11H2,1H3,(H6-,29,30,31,32,33,38,40,41)/p+1/t19-,25-/m1/s1. The topological polar surface area (TPSA) is 206 Å². The molecule has 4 aromatic rings. The van der Waals surface area contributed by atoms with Gasteiger partial charge in [-0.2, -0.15) is 0 Å². The molecule has 0 aromatic carbocycles. The Hall–Kier alpha value is -4.45. The fraction of sp³-hybridized carbons (Fsp3) is 0.222. The number of nitrogens with two attached hydrogens (primary N) is 2. The predicted molar refractivity (Wildman–Crippen MR) is 171 cm³/mol. The second-order valence-electron chi connectivity index (χ2n) is 10.0. The fourth-order valence-corrected chi connectivity index (χ4v) is 8.33. The molecule has 4 aromatic heterocycles. The largest absolute Gasteiger partial charge is 0.477 e. The summed E-state index contributed by atoms with van der Waals surface area (Å²) >= 11 is 10.0. The van der Waals surface area contributed by atoms with Crippen molar-refractivity contribution in [1.82, 2.24) is 19.8 Å². The number of carboxylic acids is 1. The van der Waals surface area contributed by atoms with Gasteiger partial charge in [0.15, 0.2) is 29.8 Å². The molecule has 0 radical (unpaired) electrons. The number of pyridine rings is 1. The molecule has 6 heterocycles. The first-order valence-electron chi connectivity index (χ1n) is 13.2. The Morgan fingerprint density at radius 1 is 1.38 bits per heavy atom. The van der Waals surface area contributed by atoms with Crippen LogP contribution in [0.15, 0.2) is 58.6 Å². The van der Waals surface area contributed by atoms with Gasteiger partial charge in [-0.1, -0.05) is 28.1 Å². The molecule has 2 amide bonds. The van der Waals surface area contributed by atoms with Crippen LogP contribution in [-0.4, -0.2) is 73.2 Å². The van der Waals surface area contributed by atoms with Crippen molar-refractivity contribution in [3.63, 3.8) is 0 Å². The second kappa shape index (κ2) is 12.2. The van der Waals surface area contributed by atoms with Crippen molar-refractivity contribution < 1.29 is 28.9 Å². The van der Waals surface area contributed by atoms with E-state index in [9.17, 15) is 19.5 Å². The Morgan fingerprint density at radius 2 is 2.18 bits per heavy atom. The fourth-order valence-electron chi connectivity index (χ4n) is 5.18. The number of anilines is 1. The van der Waals surface area contributed by atoms with Crippen LogP contribution in [0.4, 0.5) is 5.13 Å². The van der Waals surface area contributed by atoms with Crippen LogP contribution in [0.2, 0.25) is 4.34 Å². The summed E-state index contributed by atoms with van der Waals surface area (Å²) in [6, 6.07) is 4.84. The van der Waals surface area contributed by atoms with Gasteiger partial charge in [0.1, 0.15) is 40.1 Å². The van der Waals surface area contributed by atoms with Gasteiger partial charge in [-0.05, 0) is 12.1 Å². The first-order chi connectivity index (χ1) is 21.5. The van der Waals surface area contributed by atoms with Crippen molar-refractivity contribution in [2.75, 3.05) is 18.6 Å². The molecule has 232 valence electrons. The molecular formula is C27H25ClN9O5S3+. The molecule has 2 aliphatic heterocycles. The Labute approximate surface area is 272 Å². The zero-order chi connectivity index (χ0) is 32.0. The molecule has 0 bridgehead atoms. The number of aliphatic carboxylic acids is 1. The number of thiazole rings is 1. The third-order valence-corrected chi connectivity index (χ3v) is 10.5. The van der Waals surface area contributed by atoms with Crippen molar-refractivity contribution in [2.24, 2.45) is 10.9 Å². The van der Waals surface area contributed by atoms with E-state index >= 15 is 0 Å². The molecule has 0 unspecified atom stereocenters. The lowest BCUT2D eigenvalue weighted by molar-refractivity contribution is -0.687. The van der Waals surface area contributed by atoms with Crippen molar-refractivity contribution in [2.45, 2.75) is 24.5 Å². The van der Waals surface area contributed by atoms with Gasteiger partial charge in [0.25, 0.3) is 11.8 Å². The van der Waals surface area contributed by atoms with E-state index in [1.165, 1.54) is 35.1 Å². The van der Waals surface area contributed by atoms with Crippen molar-refractivity contribution in [3.05, 3.63) is 73.9 Å². The average molecular weight is 687 g/mol. The van der Waals surface area contributed by atoms with E-state index in [-0.39, 0.29) is 39.0 Å². The number of hydrogen-bond donors (Lipinski definition) is 5. The molecule has 0 aliphatic carbocycles. The normalized spacial score (nSPS) is 18.1. The van der Waals surface area contributed by atoms with Gasteiger partial charge < -0.3 is 31.3 Å². The van der Waals surface area contributed by atoms with Crippen LogP contribution in [0.5, 0.6) is 0 Å². The second-order valence-corrected chi connectivity index (χ2v) is 13.8. The Balaban J connectivity index is 1.18. The van der Waals surface area contributed by atoms with Crippen LogP contribution in [0, 0.1) is 5.41 Å². The number of aromatic nitrogens is 3. The lowest BCUT2D eigenvalue weighted by Gasteiger charge is -2.49. The summed E-state index contributed by atoms with van der Waals surface area (Å²) in [5.74, 6) is -2.18. The molecule has 0 spiro atoms. The minimum absolute atomic E-state index is 0.0184. The van der Waals surface area contributed by atoms with E-state index in [1.54, 1.807) is 0 Å². The molecule has 0 saturated carbocycles. The molecule has 14 nitrogen and oxygen atoms in total. The van der Waals surface area contributed by atoms with Crippen LogP contribution >= 0.6 is 46.0 Å². The van der Waals surface area contributed by atoms with Crippen molar-refractivity contribution in [1.29, 1.82) is 5.41 Å². The first-order valence-corrected chi connectivity index (χ1v) is 16.3. The quantitative estimate of drug-likeness (QED) is 0.0541. The predicted octanol–water partition coefficient (Wildman–Crippen LogP) is 1.80. The number of carbonyl (C=O) groups excluding carboxylic acids is 2. The maximum atomic E-state index is 13.2. The highest BCUT2D eigenvalue weighted by Gasteiger charge is 2.55. The zero-order valence-electron chi connectivity index (χ0n) is 23.4. The van der Waals surface area contributed by atoms with E-state index in [2.05, 4.69) is 20.0 Å². The smallest absolute Gasteiger partial charge is 0.352 e. The van der Waals surface area contributed by atoms with Crippen LogP contribution in [0.25, 0.3) is 10.9 Å². The number of halogens is 1. The summed E-state index contributed by atoms with van der Waals surface area (Å²) in [7, 11) is 1.25. The summed E-state index contributed by atoms with van der Waals surface area (Å²) in [5.41, 5.74) is 13.2. The highest BCUT2D eigenvalue weighted by molar-refractivity contribution is 8.00. The SMILES string of the molecule is CON=C(C(=O)N[C@@H]1C(=O)N2C(C(=O)O)=C(C[n+]3ccc4c(ccn4Cc4cc(C(=N)N)cs4)c3)CS[C@H]12)c1nc(N)sc1Cl. The van der Waals surface area contributed by atoms with E-state index < -0.39 is 29.2 Å². The van der Waals surface area contributed by atoms with Gasteiger partial charge in [-0.15, -0.1) is 23.1 Å². The number of carboxylic acid groups (broad SMARTS) is 1. The van der Waals surface area contributed by atoms with Crippen LogP contribution in [0.3, 0.4) is 0 Å². The number of nitrogens with one attached hydrogen (secondary N) is 2. The first kappa shape index (κ1) is 30.6. The van der Waals surface area contributed by atoms with E-state index in [1.807, 2.05) is 46.7 Å². The highest BCUT2D eigenvalue weighted by Crippen LogP contribution is 2.40. The summed E-state index contributed by atoms with van der Waals surface area (Å²) in [4.78, 5) is 49.8. The van der Waals surface area contributed by atoms with E-state index in [0.717, 1.165) is 27.1 Å². The number of nitrogen functional groups attached to an aromatic ring is 2. The minimum Gasteiger partial charge on any atom is -0.477 e. The Kier molecular flexibility index (Phi) is 8.25. The third kappa shape index (κ3) is 5.74. The molecule has 45 heavy (non-hydrogen) atoms. The average Bonchev–Trinajstić information content (AvgIpc) is 3.72. The number of nitrogens with zero attached hydrogens (tertiary/aromatic N) is 5. The summed E-state index contributed by atoms with van der Waals surface area (Å²) < 4.78 is 4.10. The molecule has 1 fully saturated rings. The maximum absolute atomic E-state index is 13.2. The van der Waals surface area contributed by atoms with E-state index in [4.69, 9.17) is 33.3 Å². The zero-order valence-corrected chi connectivity index (χ0v) is 26.6. The minimum atomic E-state index is -1.23. The van der Waals surface area contributed by atoms with Crippen molar-refractivity contribution in [3.8, 4) is 0 Å². The molecule has 2 aliphatic rings. The highest BCUT2D eigenvalue weighted by atomic mass is 35.5. The lowest BCUT2D eigenvalue weighted by Crippen LogP contribution is -2.71. The van der Waals surface area contributed by atoms with Gasteiger partial charge in [0, 0.05) is 39.4 Å². The molecular weight excluding hydrogens is 662 g/mol. The number of amides is 2. The Morgan fingerprint density at radius 3 is 2.84 bits per heavy atom. The Bertz CT molecular complexity index is 1950. The number of thiophene rings is 1. The summed E-state index contributed by atoms with van der Waals surface area (Å²) in [5, 5.41) is 26.4. The number of β-lactam (4-membered cyclic amide) rings is 1. The van der Waals surface area contributed by atoms with Gasteiger partial charge in [0.2, 0.25) is 0 Å². The number of hydrogen-bond acceptors (Lipinski definition) is 11. The van der Waals surface area contributed by atoms with Crippen LogP contribution < -0.4 is 21.4 Å². The monoisotopic (exact) mass is 686 g/mol. The van der Waals surface area contributed by atoms with Gasteiger partial charge in [0.05, 0.1) is 17.4 Å². The number of rotatable bonds is 10. The number of amidine groups is 1. The van der Waals surface area contributed by atoms with Gasteiger partial charge >= 0.3 is 5.97 Å². The summed E-state index contributed by atoms with van der Waals surface area (Å²) in [6.45, 7) is 0.876. The van der Waals surface area contributed by atoms with Crippen LogP contribution in [0.1, 0.15) is 16.1 Å². The summed E-state index contributed by atoms with van der Waals surface area (Å²) in [6.07, 6.45) is 5.77. The molecule has 6 rings (SSSR count). The number of oxime groups is 1. The third-order valence-electron chi connectivity index (χ3n) is 7.19. The maximum Gasteiger partial charge on any atom is 0.352 e. The van der Waals surface area contributed by atoms with Crippen molar-refractivity contribution >= 4 is 91.4 Å². The van der Waals surface area contributed by atoms with Crippen LogP contribution in [-0.2, 0) is 32.3 Å². The lowest BCUT2D eigenvalue weighted by atomic mass is 10.0. The number of carbonyl (C=O) groups is 3. The van der Waals surface area contributed by atoms with Gasteiger partial charge in [-0.3, -0.25) is 19.9 Å². The molecule has 1 saturated heterocycles. The molecule has 18 heteroatoms. The van der Waals surface area contributed by atoms with E-state index in [0.29, 0.717) is 23.4 Å². The number of fused-ring (bicyclic) bond motifs is 2. The molecule has 2 atom stereocenters. The molecule has 7 N–H and O–H groups in total. The number of thioether (sulfide) groups is 1. The van der Waals surface area contributed by atoms with Gasteiger partial charge in [-0.25, -0.2) is 14.3 Å².